The number of likely N-dealkylation sites (tertiary alicyclic amines) is 1. The number of rotatable bonds is 3. The summed E-state index contributed by atoms with van der Waals surface area (Å²) in [5, 5.41) is 11.2. The normalized spacial score (nSPS) is 16.1. The van der Waals surface area contributed by atoms with Gasteiger partial charge in [0, 0.05) is 44.3 Å². The Morgan fingerprint density at radius 2 is 2.15 bits per heavy atom. The second-order valence-corrected chi connectivity index (χ2v) is 4.55. The molecule has 1 aliphatic rings. The van der Waals surface area contributed by atoms with Crippen LogP contribution in [0.25, 0.3) is 0 Å². The zero-order valence-corrected chi connectivity index (χ0v) is 10.8. The first-order valence-corrected chi connectivity index (χ1v) is 6.47. The Labute approximate surface area is 115 Å². The fourth-order valence-corrected chi connectivity index (χ4v) is 2.18. The first-order chi connectivity index (χ1) is 9.83. The van der Waals surface area contributed by atoms with Crippen LogP contribution in [0.3, 0.4) is 0 Å². The first-order valence-electron chi connectivity index (χ1n) is 6.47. The molecule has 0 atom stereocenters. The van der Waals surface area contributed by atoms with Gasteiger partial charge >= 0.3 is 0 Å². The monoisotopic (exact) mass is 274 g/mol. The van der Waals surface area contributed by atoms with Crippen molar-refractivity contribution in [3.05, 3.63) is 36.4 Å². The summed E-state index contributed by atoms with van der Waals surface area (Å²) >= 11 is 0. The lowest BCUT2D eigenvalue weighted by atomic mass is 10.1. The molecule has 0 aromatic carbocycles. The van der Waals surface area contributed by atoms with Crippen LogP contribution in [0.5, 0.6) is 5.88 Å². The molecule has 0 aliphatic carbocycles. The summed E-state index contributed by atoms with van der Waals surface area (Å²) in [6.45, 7) is 1.26. The van der Waals surface area contributed by atoms with Gasteiger partial charge in [-0.05, 0) is 6.07 Å². The minimum Gasteiger partial charge on any atom is -0.473 e. The highest BCUT2D eigenvalue weighted by atomic mass is 16.5. The van der Waals surface area contributed by atoms with Crippen molar-refractivity contribution in [1.82, 2.24) is 20.3 Å². The summed E-state index contributed by atoms with van der Waals surface area (Å²) in [6, 6.07) is 5.13. The van der Waals surface area contributed by atoms with Gasteiger partial charge in [0.15, 0.2) is 0 Å². The molecule has 2 aromatic rings. The molecule has 7 nitrogen and oxygen atoms in total. The fraction of sp³-hybridized carbons (Fsp3) is 0.385. The van der Waals surface area contributed by atoms with Crippen LogP contribution in [0.15, 0.2) is 35.1 Å². The minimum atomic E-state index is -0.125. The molecule has 0 saturated carbocycles. The molecule has 0 spiro atoms. The lowest BCUT2D eigenvalue weighted by molar-refractivity contribution is 0.0549. The molecule has 2 aromatic heterocycles. The second kappa shape index (κ2) is 5.68. The standard InChI is InChI=1S/C13H14N4O3/c18-13(11-3-7-15-20-11)17-8-4-10(5-9-17)19-12-2-1-6-14-16-12/h1-3,6-7,10H,4-5,8-9H2. The number of carbonyl (C=O) groups is 1. The third-order valence-corrected chi connectivity index (χ3v) is 3.21. The molecule has 1 fully saturated rings. The Morgan fingerprint density at radius 1 is 1.30 bits per heavy atom. The lowest BCUT2D eigenvalue weighted by Gasteiger charge is -2.31. The van der Waals surface area contributed by atoms with Crippen LogP contribution in [0.4, 0.5) is 0 Å². The summed E-state index contributed by atoms with van der Waals surface area (Å²) in [4.78, 5) is 13.8. The van der Waals surface area contributed by atoms with E-state index in [1.165, 1.54) is 6.20 Å². The Hall–Kier alpha value is -2.44. The maximum Gasteiger partial charge on any atom is 0.292 e. The van der Waals surface area contributed by atoms with Crippen molar-refractivity contribution in [1.29, 1.82) is 0 Å². The van der Waals surface area contributed by atoms with Crippen LogP contribution in [0.2, 0.25) is 0 Å². The molecule has 3 heterocycles. The van der Waals surface area contributed by atoms with Crippen molar-refractivity contribution < 1.29 is 14.1 Å². The topological polar surface area (TPSA) is 81.4 Å². The maximum absolute atomic E-state index is 12.1. The molecule has 7 heteroatoms. The van der Waals surface area contributed by atoms with E-state index in [9.17, 15) is 4.79 Å². The molecule has 0 bridgehead atoms. The summed E-state index contributed by atoms with van der Waals surface area (Å²) in [5.74, 6) is 0.672. The highest BCUT2D eigenvalue weighted by Crippen LogP contribution is 2.18. The smallest absolute Gasteiger partial charge is 0.292 e. The number of nitrogens with zero attached hydrogens (tertiary/aromatic N) is 4. The third kappa shape index (κ3) is 2.76. The zero-order chi connectivity index (χ0) is 13.8. The van der Waals surface area contributed by atoms with Crippen LogP contribution in [-0.2, 0) is 0 Å². The number of amides is 1. The van der Waals surface area contributed by atoms with Gasteiger partial charge in [0.1, 0.15) is 6.10 Å². The van der Waals surface area contributed by atoms with Crippen LogP contribution in [0.1, 0.15) is 23.4 Å². The Bertz CT molecular complexity index is 550. The number of carbonyl (C=O) groups excluding carboxylic acids is 1. The Balaban J connectivity index is 1.53. The number of hydrogen-bond acceptors (Lipinski definition) is 6. The van der Waals surface area contributed by atoms with Gasteiger partial charge in [0.05, 0.1) is 6.20 Å². The molecule has 0 radical (unpaired) electrons. The minimum absolute atomic E-state index is 0.0606. The van der Waals surface area contributed by atoms with Gasteiger partial charge in [-0.25, -0.2) is 0 Å². The summed E-state index contributed by atoms with van der Waals surface area (Å²) < 4.78 is 10.6. The predicted molar refractivity (Wildman–Crippen MR) is 68.1 cm³/mol. The molecule has 0 N–H and O–H groups in total. The number of hydrogen-bond donors (Lipinski definition) is 0. The van der Waals surface area contributed by atoms with Crippen molar-refractivity contribution in [2.24, 2.45) is 0 Å². The summed E-state index contributed by atoms with van der Waals surface area (Å²) in [5.41, 5.74) is 0. The largest absolute Gasteiger partial charge is 0.473 e. The molecule has 104 valence electrons. The number of piperidine rings is 1. The van der Waals surface area contributed by atoms with E-state index in [0.717, 1.165) is 12.8 Å². The van der Waals surface area contributed by atoms with E-state index in [2.05, 4.69) is 15.4 Å². The van der Waals surface area contributed by atoms with Gasteiger partial charge in [-0.15, -0.1) is 5.10 Å². The van der Waals surface area contributed by atoms with E-state index in [-0.39, 0.29) is 17.8 Å². The highest BCUT2D eigenvalue weighted by molar-refractivity contribution is 5.91. The van der Waals surface area contributed by atoms with E-state index in [1.807, 2.05) is 0 Å². The van der Waals surface area contributed by atoms with Crippen molar-refractivity contribution >= 4 is 5.91 Å². The Morgan fingerprint density at radius 3 is 2.80 bits per heavy atom. The SMILES string of the molecule is O=C(c1ccno1)N1CCC(Oc2cccnn2)CC1. The maximum atomic E-state index is 12.1. The van der Waals surface area contributed by atoms with Gasteiger partial charge in [0.2, 0.25) is 11.6 Å². The average Bonchev–Trinajstić information content (AvgIpc) is 3.03. The third-order valence-electron chi connectivity index (χ3n) is 3.21. The molecular weight excluding hydrogens is 260 g/mol. The molecule has 1 amide bonds. The van der Waals surface area contributed by atoms with Crippen LogP contribution < -0.4 is 4.74 Å². The van der Waals surface area contributed by atoms with E-state index >= 15 is 0 Å². The molecule has 3 rings (SSSR count). The molecule has 20 heavy (non-hydrogen) atoms. The summed E-state index contributed by atoms with van der Waals surface area (Å²) in [6.07, 6.45) is 4.65. The van der Waals surface area contributed by atoms with Gasteiger partial charge in [-0.1, -0.05) is 5.16 Å². The molecular formula is C13H14N4O3. The highest BCUT2D eigenvalue weighted by Gasteiger charge is 2.26. The van der Waals surface area contributed by atoms with Crippen molar-refractivity contribution in [3.8, 4) is 5.88 Å². The Kier molecular flexibility index (Phi) is 3.58. The number of ether oxygens (including phenoxy) is 1. The number of aromatic nitrogens is 3. The average molecular weight is 274 g/mol. The second-order valence-electron chi connectivity index (χ2n) is 4.55. The van der Waals surface area contributed by atoms with Gasteiger partial charge < -0.3 is 14.2 Å². The predicted octanol–water partition coefficient (Wildman–Crippen LogP) is 1.15. The quantitative estimate of drug-likeness (QED) is 0.835. The summed E-state index contributed by atoms with van der Waals surface area (Å²) in [7, 11) is 0. The van der Waals surface area contributed by atoms with Gasteiger partial charge in [0.25, 0.3) is 5.91 Å². The van der Waals surface area contributed by atoms with Crippen LogP contribution in [0, 0.1) is 0 Å². The van der Waals surface area contributed by atoms with Crippen molar-refractivity contribution in [2.45, 2.75) is 18.9 Å². The molecule has 0 unspecified atom stereocenters. The molecule has 1 saturated heterocycles. The van der Waals surface area contributed by atoms with Gasteiger partial charge in [-0.3, -0.25) is 4.79 Å². The van der Waals surface area contributed by atoms with Crippen molar-refractivity contribution in [2.75, 3.05) is 13.1 Å². The van der Waals surface area contributed by atoms with Gasteiger partial charge in [-0.2, -0.15) is 5.10 Å². The van der Waals surface area contributed by atoms with E-state index in [4.69, 9.17) is 9.26 Å². The van der Waals surface area contributed by atoms with E-state index in [1.54, 1.807) is 29.3 Å². The van der Waals surface area contributed by atoms with E-state index in [0.29, 0.717) is 19.0 Å². The fourth-order valence-electron chi connectivity index (χ4n) is 2.18. The lowest BCUT2D eigenvalue weighted by Crippen LogP contribution is -2.41. The van der Waals surface area contributed by atoms with Crippen LogP contribution >= 0.6 is 0 Å². The zero-order valence-electron chi connectivity index (χ0n) is 10.8. The van der Waals surface area contributed by atoms with E-state index < -0.39 is 0 Å². The van der Waals surface area contributed by atoms with Crippen molar-refractivity contribution in [3.63, 3.8) is 0 Å². The molecule has 1 aliphatic heterocycles. The van der Waals surface area contributed by atoms with Crippen LogP contribution in [-0.4, -0.2) is 45.4 Å². The first kappa shape index (κ1) is 12.6.